The molecule has 2 unspecified atom stereocenters. The molecule has 43 heavy (non-hydrogen) atoms. The van der Waals surface area contributed by atoms with Crippen LogP contribution in [-0.2, 0) is 6.54 Å². The molecule has 2 aliphatic carbocycles. The van der Waals surface area contributed by atoms with Gasteiger partial charge in [-0.15, -0.1) is 10.2 Å². The van der Waals surface area contributed by atoms with E-state index in [-0.39, 0.29) is 18.0 Å². The first-order valence-corrected chi connectivity index (χ1v) is 15.5. The van der Waals surface area contributed by atoms with Crippen molar-refractivity contribution in [1.82, 2.24) is 24.1 Å². The Balaban J connectivity index is 1.12. The SMILES string of the molecule is Cc1c(-c2cc3ccc(-c4ccn5c(C)nnc5c4)cc3n2CC2CC2)oc2cc(C(=O)N3CC4CCC3[C@@H]4N)ccc12. The molecule has 9 rings (SSSR count). The van der Waals surface area contributed by atoms with Crippen molar-refractivity contribution in [1.29, 1.82) is 0 Å². The number of amides is 1. The van der Waals surface area contributed by atoms with E-state index >= 15 is 0 Å². The normalized spacial score (nSPS) is 21.7. The van der Waals surface area contributed by atoms with Crippen LogP contribution in [0.5, 0.6) is 0 Å². The Morgan fingerprint density at radius 2 is 1.84 bits per heavy atom. The third-order valence-corrected chi connectivity index (χ3v) is 10.3. The van der Waals surface area contributed by atoms with Crippen LogP contribution in [0.4, 0.5) is 0 Å². The van der Waals surface area contributed by atoms with Crippen molar-refractivity contribution in [2.24, 2.45) is 17.6 Å². The van der Waals surface area contributed by atoms with Gasteiger partial charge in [0.2, 0.25) is 0 Å². The number of rotatable bonds is 5. The van der Waals surface area contributed by atoms with Gasteiger partial charge in [0.1, 0.15) is 11.4 Å². The number of carbonyl (C=O) groups is 1. The molecular formula is C35H34N6O2. The minimum absolute atomic E-state index is 0.0648. The van der Waals surface area contributed by atoms with Crippen molar-refractivity contribution in [3.63, 3.8) is 0 Å². The number of piperidine rings is 1. The van der Waals surface area contributed by atoms with Crippen molar-refractivity contribution < 1.29 is 9.21 Å². The highest BCUT2D eigenvalue weighted by Crippen LogP contribution is 2.41. The topological polar surface area (TPSA) is 94.6 Å². The number of likely N-dealkylation sites (tertiary alicyclic amines) is 1. The van der Waals surface area contributed by atoms with Gasteiger partial charge in [0.15, 0.2) is 11.4 Å². The number of aromatic nitrogens is 4. The van der Waals surface area contributed by atoms with Crippen LogP contribution >= 0.6 is 0 Å². The molecule has 3 fully saturated rings. The van der Waals surface area contributed by atoms with Crippen LogP contribution in [0.3, 0.4) is 0 Å². The summed E-state index contributed by atoms with van der Waals surface area (Å²) in [4.78, 5) is 15.5. The van der Waals surface area contributed by atoms with Gasteiger partial charge >= 0.3 is 0 Å². The van der Waals surface area contributed by atoms with Crippen LogP contribution in [0.15, 0.2) is 65.2 Å². The van der Waals surface area contributed by atoms with Gasteiger partial charge in [-0.05, 0) is 98.9 Å². The number of benzene rings is 2. The van der Waals surface area contributed by atoms with Gasteiger partial charge in [-0.25, -0.2) is 0 Å². The summed E-state index contributed by atoms with van der Waals surface area (Å²) in [6.45, 7) is 5.81. The Labute approximate surface area is 249 Å². The number of aryl methyl sites for hydroxylation is 2. The van der Waals surface area contributed by atoms with Crippen molar-refractivity contribution in [2.75, 3.05) is 6.54 Å². The zero-order chi connectivity index (χ0) is 29.0. The molecule has 5 heterocycles. The minimum atomic E-state index is 0.0648. The lowest BCUT2D eigenvalue weighted by Gasteiger charge is -2.27. The van der Waals surface area contributed by atoms with E-state index in [4.69, 9.17) is 10.2 Å². The predicted octanol–water partition coefficient (Wildman–Crippen LogP) is 6.35. The fourth-order valence-corrected chi connectivity index (χ4v) is 7.62. The second kappa shape index (κ2) is 9.04. The molecule has 216 valence electrons. The summed E-state index contributed by atoms with van der Waals surface area (Å²) in [5.41, 5.74) is 14.3. The maximum atomic E-state index is 13.5. The maximum absolute atomic E-state index is 13.5. The predicted molar refractivity (Wildman–Crippen MR) is 167 cm³/mol. The molecular weight excluding hydrogens is 536 g/mol. The highest BCUT2D eigenvalue weighted by molar-refractivity contribution is 6.00. The number of nitrogens with zero attached hydrogens (tertiary/aromatic N) is 5. The highest BCUT2D eigenvalue weighted by atomic mass is 16.3. The number of hydrogen-bond donors (Lipinski definition) is 1. The molecule has 2 aromatic carbocycles. The number of hydrogen-bond acceptors (Lipinski definition) is 5. The molecule has 0 radical (unpaired) electrons. The van der Waals surface area contributed by atoms with Gasteiger partial charge < -0.3 is 19.6 Å². The molecule has 3 atom stereocenters. The third-order valence-electron chi connectivity index (χ3n) is 10.3. The lowest BCUT2D eigenvalue weighted by Crippen LogP contribution is -2.41. The lowest BCUT2D eigenvalue weighted by molar-refractivity contribution is 0.0700. The fraction of sp³-hybridized carbons (Fsp3) is 0.343. The van der Waals surface area contributed by atoms with Gasteiger partial charge in [0.25, 0.3) is 5.91 Å². The average molecular weight is 571 g/mol. The largest absolute Gasteiger partial charge is 0.454 e. The summed E-state index contributed by atoms with van der Waals surface area (Å²) in [7, 11) is 0. The van der Waals surface area contributed by atoms with E-state index in [2.05, 4.69) is 58.1 Å². The Hall–Kier alpha value is -4.43. The van der Waals surface area contributed by atoms with Gasteiger partial charge in [-0.3, -0.25) is 9.20 Å². The lowest BCUT2D eigenvalue weighted by atomic mass is 10.1. The first kappa shape index (κ1) is 25.1. The number of fused-ring (bicyclic) bond motifs is 5. The fourth-order valence-electron chi connectivity index (χ4n) is 7.62. The van der Waals surface area contributed by atoms with Gasteiger partial charge in [-0.1, -0.05) is 18.2 Å². The van der Waals surface area contributed by atoms with Crippen molar-refractivity contribution in [3.05, 3.63) is 77.7 Å². The molecule has 0 spiro atoms. The van der Waals surface area contributed by atoms with Crippen LogP contribution in [0.1, 0.15) is 47.4 Å². The standard InChI is InChI=1S/C35H34N6O2/c1-19-27-9-7-25(35(42)41-18-26-8-10-28(41)33(26)36)15-31(27)43-34(19)30-14-24-6-5-22(13-29(24)40(30)17-21-3-4-21)23-11-12-39-20(2)37-38-32(39)16-23/h5-7,9,11-16,21,26,28,33H,3-4,8,10,17-18,36H2,1-2H3/t26?,28?,33-/m1/s1. The molecule has 1 aliphatic heterocycles. The third kappa shape index (κ3) is 3.82. The van der Waals surface area contributed by atoms with Crippen LogP contribution < -0.4 is 5.73 Å². The Morgan fingerprint density at radius 3 is 2.63 bits per heavy atom. The van der Waals surface area contributed by atoms with Crippen LogP contribution in [0, 0.1) is 25.7 Å². The van der Waals surface area contributed by atoms with E-state index in [1.165, 1.54) is 23.7 Å². The maximum Gasteiger partial charge on any atom is 0.254 e. The van der Waals surface area contributed by atoms with Gasteiger partial charge in [-0.2, -0.15) is 0 Å². The molecule has 2 N–H and O–H groups in total. The quantitative estimate of drug-likeness (QED) is 0.261. The summed E-state index contributed by atoms with van der Waals surface area (Å²) in [6.07, 6.45) is 6.69. The van der Waals surface area contributed by atoms with Crippen LogP contribution in [-0.4, -0.2) is 48.6 Å². The van der Waals surface area contributed by atoms with Gasteiger partial charge in [0, 0.05) is 58.8 Å². The molecule has 6 aromatic rings. The zero-order valence-corrected chi connectivity index (χ0v) is 24.5. The first-order chi connectivity index (χ1) is 20.9. The molecule has 1 amide bonds. The van der Waals surface area contributed by atoms with E-state index < -0.39 is 0 Å². The second-order valence-electron chi connectivity index (χ2n) is 13.0. The van der Waals surface area contributed by atoms with Crippen LogP contribution in [0.2, 0.25) is 0 Å². The molecule has 2 bridgehead atoms. The minimum Gasteiger partial charge on any atom is -0.454 e. The Bertz CT molecular complexity index is 2100. The van der Waals surface area contributed by atoms with Crippen molar-refractivity contribution >= 4 is 33.4 Å². The second-order valence-corrected chi connectivity index (χ2v) is 13.0. The van der Waals surface area contributed by atoms with E-state index in [9.17, 15) is 4.79 Å². The number of carbonyl (C=O) groups excluding carboxylic acids is 1. The van der Waals surface area contributed by atoms with E-state index in [0.717, 1.165) is 76.5 Å². The summed E-state index contributed by atoms with van der Waals surface area (Å²) in [5, 5.41) is 10.8. The molecule has 8 heteroatoms. The van der Waals surface area contributed by atoms with Crippen LogP contribution in [0.25, 0.3) is 50.1 Å². The molecule has 1 saturated heterocycles. The zero-order valence-electron chi connectivity index (χ0n) is 24.5. The Kier molecular flexibility index (Phi) is 5.27. The smallest absolute Gasteiger partial charge is 0.254 e. The number of pyridine rings is 1. The summed E-state index contributed by atoms with van der Waals surface area (Å²) in [5.74, 6) is 2.93. The van der Waals surface area contributed by atoms with Crippen molar-refractivity contribution in [3.8, 4) is 22.6 Å². The monoisotopic (exact) mass is 570 g/mol. The van der Waals surface area contributed by atoms with Crippen molar-refractivity contribution in [2.45, 2.75) is 58.2 Å². The molecule has 4 aromatic heterocycles. The molecule has 3 aliphatic rings. The summed E-state index contributed by atoms with van der Waals surface area (Å²) < 4.78 is 11.1. The first-order valence-electron chi connectivity index (χ1n) is 15.5. The van der Waals surface area contributed by atoms with E-state index in [1.54, 1.807) is 0 Å². The molecule has 2 saturated carbocycles. The van der Waals surface area contributed by atoms with Gasteiger partial charge in [0.05, 0.1) is 5.69 Å². The Morgan fingerprint density at radius 1 is 0.977 bits per heavy atom. The number of furan rings is 1. The number of nitrogens with two attached hydrogens (primary N) is 1. The summed E-state index contributed by atoms with van der Waals surface area (Å²) in [6, 6.07) is 19.4. The van der Waals surface area contributed by atoms with E-state index in [1.807, 2.05) is 40.6 Å². The summed E-state index contributed by atoms with van der Waals surface area (Å²) >= 11 is 0. The van der Waals surface area contributed by atoms with E-state index in [0.29, 0.717) is 17.4 Å². The molecule has 8 nitrogen and oxygen atoms in total. The average Bonchev–Trinajstić information content (AvgIpc) is 3.23. The highest BCUT2D eigenvalue weighted by Gasteiger charge is 2.46.